The summed E-state index contributed by atoms with van der Waals surface area (Å²) in [5.41, 5.74) is 3.42. The van der Waals surface area contributed by atoms with Crippen LogP contribution in [-0.2, 0) is 0 Å². The van der Waals surface area contributed by atoms with E-state index in [0.717, 1.165) is 37.1 Å². The van der Waals surface area contributed by atoms with Gasteiger partial charge < -0.3 is 10.6 Å². The monoisotopic (exact) mass is 377 g/mol. The first kappa shape index (κ1) is 18.4. The number of nitrogens with zero attached hydrogens (tertiary/aromatic N) is 1. The minimum atomic E-state index is -0.386. The Balaban J connectivity index is 1.62. The van der Waals surface area contributed by atoms with E-state index in [1.54, 1.807) is 12.1 Å². The Morgan fingerprint density at radius 3 is 2.61 bits per heavy atom. The minimum Gasteiger partial charge on any atom is -0.348 e. The summed E-state index contributed by atoms with van der Waals surface area (Å²) >= 11 is 0. The van der Waals surface area contributed by atoms with E-state index in [-0.39, 0.29) is 29.3 Å². The third-order valence-electron chi connectivity index (χ3n) is 5.39. The molecule has 6 heteroatoms. The van der Waals surface area contributed by atoms with E-state index in [9.17, 15) is 14.4 Å². The van der Waals surface area contributed by atoms with Crippen LogP contribution in [0.4, 0.5) is 5.69 Å². The lowest BCUT2D eigenvalue weighted by atomic mass is 10.0. The average Bonchev–Trinajstić information content (AvgIpc) is 2.94. The van der Waals surface area contributed by atoms with Crippen molar-refractivity contribution in [3.8, 4) is 0 Å². The summed E-state index contributed by atoms with van der Waals surface area (Å²) in [7, 11) is 0. The second-order valence-corrected chi connectivity index (χ2v) is 7.51. The standard InChI is InChI=1S/C22H23N3O3/c1-13-5-6-14(2)19(10-13)25-21(27)17-8-7-15(11-18(17)22(25)28)20(26)24-16-4-3-9-23-12-16/h5-8,10-11,16,23H,3-4,9,12H2,1-2H3,(H,24,26)/t16-/m0/s1. The zero-order chi connectivity index (χ0) is 19.8. The molecule has 0 aliphatic carbocycles. The number of carbonyl (C=O) groups is 3. The number of anilines is 1. The quantitative estimate of drug-likeness (QED) is 0.806. The van der Waals surface area contributed by atoms with E-state index in [0.29, 0.717) is 16.8 Å². The van der Waals surface area contributed by atoms with Gasteiger partial charge in [0.1, 0.15) is 0 Å². The van der Waals surface area contributed by atoms with Gasteiger partial charge in [-0.3, -0.25) is 14.4 Å². The molecule has 1 atom stereocenters. The first-order chi connectivity index (χ1) is 13.5. The Labute approximate surface area is 163 Å². The Bertz CT molecular complexity index is 977. The van der Waals surface area contributed by atoms with Crippen molar-refractivity contribution >= 4 is 23.4 Å². The molecule has 3 amide bonds. The second kappa shape index (κ2) is 7.20. The van der Waals surface area contributed by atoms with Crippen LogP contribution in [0.25, 0.3) is 0 Å². The zero-order valence-corrected chi connectivity index (χ0v) is 16.0. The maximum absolute atomic E-state index is 13.0. The van der Waals surface area contributed by atoms with E-state index >= 15 is 0 Å². The van der Waals surface area contributed by atoms with Gasteiger partial charge in [0.2, 0.25) is 0 Å². The topological polar surface area (TPSA) is 78.5 Å². The molecule has 1 saturated heterocycles. The fraction of sp³-hybridized carbons (Fsp3) is 0.318. The van der Waals surface area contributed by atoms with Crippen LogP contribution < -0.4 is 15.5 Å². The van der Waals surface area contributed by atoms with Crippen molar-refractivity contribution in [3.63, 3.8) is 0 Å². The van der Waals surface area contributed by atoms with E-state index in [4.69, 9.17) is 0 Å². The molecule has 0 spiro atoms. The molecule has 28 heavy (non-hydrogen) atoms. The molecule has 2 aromatic rings. The Morgan fingerprint density at radius 1 is 1.07 bits per heavy atom. The molecule has 2 N–H and O–H groups in total. The number of amides is 3. The molecule has 0 aromatic heterocycles. The van der Waals surface area contributed by atoms with Crippen LogP contribution in [0.3, 0.4) is 0 Å². The number of nitrogens with one attached hydrogen (secondary N) is 2. The van der Waals surface area contributed by atoms with E-state index in [1.807, 2.05) is 32.0 Å². The molecule has 0 saturated carbocycles. The van der Waals surface area contributed by atoms with Gasteiger partial charge in [0.15, 0.2) is 0 Å². The normalized spacial score (nSPS) is 18.9. The predicted molar refractivity (Wildman–Crippen MR) is 107 cm³/mol. The molecule has 0 bridgehead atoms. The van der Waals surface area contributed by atoms with Crippen molar-refractivity contribution in [2.45, 2.75) is 32.7 Å². The van der Waals surface area contributed by atoms with Gasteiger partial charge in [-0.05, 0) is 68.6 Å². The van der Waals surface area contributed by atoms with Crippen molar-refractivity contribution in [2.75, 3.05) is 18.0 Å². The summed E-state index contributed by atoms with van der Waals surface area (Å²) in [6.45, 7) is 5.50. The van der Waals surface area contributed by atoms with Gasteiger partial charge in [-0.25, -0.2) is 4.90 Å². The third kappa shape index (κ3) is 3.20. The summed E-state index contributed by atoms with van der Waals surface area (Å²) in [6, 6.07) is 10.5. The van der Waals surface area contributed by atoms with Crippen LogP contribution in [0, 0.1) is 13.8 Å². The molecule has 0 radical (unpaired) electrons. The van der Waals surface area contributed by atoms with Crippen LogP contribution >= 0.6 is 0 Å². The van der Waals surface area contributed by atoms with Crippen molar-refractivity contribution in [2.24, 2.45) is 0 Å². The summed E-state index contributed by atoms with van der Waals surface area (Å²) in [4.78, 5) is 39.7. The Hall–Kier alpha value is -2.99. The van der Waals surface area contributed by atoms with E-state index in [2.05, 4.69) is 10.6 Å². The lowest BCUT2D eigenvalue weighted by Crippen LogP contribution is -2.45. The number of piperidine rings is 1. The van der Waals surface area contributed by atoms with Gasteiger partial charge in [-0.1, -0.05) is 12.1 Å². The van der Waals surface area contributed by atoms with Gasteiger partial charge in [0.25, 0.3) is 17.7 Å². The number of benzene rings is 2. The molecule has 2 heterocycles. The lowest BCUT2D eigenvalue weighted by Gasteiger charge is -2.23. The highest BCUT2D eigenvalue weighted by Crippen LogP contribution is 2.31. The molecule has 4 rings (SSSR count). The number of imide groups is 1. The molecule has 0 unspecified atom stereocenters. The summed E-state index contributed by atoms with van der Waals surface area (Å²) in [6.07, 6.45) is 1.95. The van der Waals surface area contributed by atoms with Gasteiger partial charge in [-0.2, -0.15) is 0 Å². The molecular formula is C22H23N3O3. The predicted octanol–water partition coefficient (Wildman–Crippen LogP) is 2.59. The van der Waals surface area contributed by atoms with Crippen molar-refractivity contribution < 1.29 is 14.4 Å². The molecule has 2 aliphatic heterocycles. The first-order valence-corrected chi connectivity index (χ1v) is 9.57. The number of fused-ring (bicyclic) bond motifs is 1. The molecule has 1 fully saturated rings. The van der Waals surface area contributed by atoms with Crippen LogP contribution in [0.1, 0.15) is 55.0 Å². The lowest BCUT2D eigenvalue weighted by molar-refractivity contribution is 0.0919. The van der Waals surface area contributed by atoms with Crippen LogP contribution in [0.15, 0.2) is 36.4 Å². The van der Waals surface area contributed by atoms with Gasteiger partial charge in [0, 0.05) is 18.2 Å². The highest BCUT2D eigenvalue weighted by Gasteiger charge is 2.38. The summed E-state index contributed by atoms with van der Waals surface area (Å²) in [5, 5.41) is 6.26. The summed E-state index contributed by atoms with van der Waals surface area (Å²) < 4.78 is 0. The van der Waals surface area contributed by atoms with Crippen molar-refractivity contribution in [3.05, 3.63) is 64.2 Å². The van der Waals surface area contributed by atoms with E-state index in [1.165, 1.54) is 11.0 Å². The minimum absolute atomic E-state index is 0.0817. The smallest absolute Gasteiger partial charge is 0.266 e. The molecule has 2 aliphatic rings. The average molecular weight is 377 g/mol. The fourth-order valence-electron chi connectivity index (χ4n) is 3.80. The van der Waals surface area contributed by atoms with E-state index < -0.39 is 0 Å². The van der Waals surface area contributed by atoms with Crippen LogP contribution in [-0.4, -0.2) is 36.9 Å². The molecule has 6 nitrogen and oxygen atoms in total. The van der Waals surface area contributed by atoms with Crippen LogP contribution in [0.2, 0.25) is 0 Å². The highest BCUT2D eigenvalue weighted by atomic mass is 16.2. The number of hydrogen-bond donors (Lipinski definition) is 2. The van der Waals surface area contributed by atoms with Crippen molar-refractivity contribution in [1.82, 2.24) is 10.6 Å². The van der Waals surface area contributed by atoms with Crippen molar-refractivity contribution in [1.29, 1.82) is 0 Å². The maximum atomic E-state index is 13.0. The van der Waals surface area contributed by atoms with Gasteiger partial charge in [-0.15, -0.1) is 0 Å². The maximum Gasteiger partial charge on any atom is 0.266 e. The zero-order valence-electron chi connectivity index (χ0n) is 16.0. The number of hydrogen-bond acceptors (Lipinski definition) is 4. The van der Waals surface area contributed by atoms with Gasteiger partial charge >= 0.3 is 0 Å². The number of rotatable bonds is 3. The molecule has 2 aromatic carbocycles. The number of aryl methyl sites for hydroxylation is 2. The largest absolute Gasteiger partial charge is 0.348 e. The van der Waals surface area contributed by atoms with Gasteiger partial charge in [0.05, 0.1) is 16.8 Å². The first-order valence-electron chi connectivity index (χ1n) is 9.57. The van der Waals surface area contributed by atoms with Crippen LogP contribution in [0.5, 0.6) is 0 Å². The SMILES string of the molecule is Cc1ccc(C)c(N2C(=O)c3ccc(C(=O)N[C@H]4CCCNC4)cc3C2=O)c1. The summed E-state index contributed by atoms with van der Waals surface area (Å²) in [5.74, 6) is -0.957. The molecular weight excluding hydrogens is 354 g/mol. The second-order valence-electron chi connectivity index (χ2n) is 7.51. The highest BCUT2D eigenvalue weighted by molar-refractivity contribution is 6.35. The number of carbonyl (C=O) groups excluding carboxylic acids is 3. The Kier molecular flexibility index (Phi) is 4.73. The Morgan fingerprint density at radius 2 is 1.86 bits per heavy atom. The molecule has 144 valence electrons. The fourth-order valence-corrected chi connectivity index (χ4v) is 3.80. The third-order valence-corrected chi connectivity index (χ3v) is 5.39.